The van der Waals surface area contributed by atoms with Gasteiger partial charge in [0.1, 0.15) is 0 Å². The van der Waals surface area contributed by atoms with Crippen LogP contribution in [0.3, 0.4) is 0 Å². The molecule has 0 bridgehead atoms. The highest BCUT2D eigenvalue weighted by atomic mass is 16.6. The molecule has 0 atom stereocenters. The predicted octanol–water partition coefficient (Wildman–Crippen LogP) is 1.96. The van der Waals surface area contributed by atoms with Crippen LogP contribution in [0.15, 0.2) is 18.2 Å². The smallest absolute Gasteiger partial charge is 0.269 e. The number of carbonyl (C=O) groups is 1. The van der Waals surface area contributed by atoms with Crippen molar-refractivity contribution in [2.75, 3.05) is 6.54 Å². The van der Waals surface area contributed by atoms with Crippen molar-refractivity contribution in [3.05, 3.63) is 39.4 Å². The van der Waals surface area contributed by atoms with E-state index in [4.69, 9.17) is 0 Å². The molecule has 5 heteroatoms. The molecule has 1 aliphatic carbocycles. The normalized spacial score (nSPS) is 18.4. The Bertz CT molecular complexity index is 508. The third-order valence-corrected chi connectivity index (χ3v) is 3.35. The molecule has 3 rings (SSSR count). The number of amides is 1. The van der Waals surface area contributed by atoms with Crippen molar-refractivity contribution in [1.82, 2.24) is 4.90 Å². The highest BCUT2D eigenvalue weighted by Crippen LogP contribution is 2.33. The summed E-state index contributed by atoms with van der Waals surface area (Å²) in [4.78, 5) is 24.0. The van der Waals surface area contributed by atoms with Crippen LogP contribution in [0.1, 0.15) is 28.8 Å². The minimum atomic E-state index is -0.422. The highest BCUT2D eigenvalue weighted by molar-refractivity contribution is 5.98. The van der Waals surface area contributed by atoms with Crippen molar-refractivity contribution in [2.24, 2.45) is 5.92 Å². The second-order valence-corrected chi connectivity index (χ2v) is 4.73. The summed E-state index contributed by atoms with van der Waals surface area (Å²) in [5, 5.41) is 10.7. The summed E-state index contributed by atoms with van der Waals surface area (Å²) in [6.07, 6.45) is 2.39. The summed E-state index contributed by atoms with van der Waals surface area (Å²) in [6.45, 7) is 1.31. The van der Waals surface area contributed by atoms with Gasteiger partial charge in [0.2, 0.25) is 0 Å². The molecule has 1 fully saturated rings. The van der Waals surface area contributed by atoms with Gasteiger partial charge in [0.15, 0.2) is 0 Å². The van der Waals surface area contributed by atoms with Gasteiger partial charge in [-0.1, -0.05) is 0 Å². The summed E-state index contributed by atoms with van der Waals surface area (Å²) in [7, 11) is 0. The minimum absolute atomic E-state index is 0.0156. The minimum Gasteiger partial charge on any atom is -0.334 e. The Morgan fingerprint density at radius 1 is 1.41 bits per heavy atom. The number of nitro benzene ring substituents is 1. The SMILES string of the molecule is O=C1c2ccc([N+](=O)[O-])cc2CN1CC1CC1. The predicted molar refractivity (Wildman–Crippen MR) is 60.6 cm³/mol. The zero-order chi connectivity index (χ0) is 12.0. The first-order valence-corrected chi connectivity index (χ1v) is 5.72. The molecule has 88 valence electrons. The highest BCUT2D eigenvalue weighted by Gasteiger charge is 2.33. The molecule has 2 aliphatic rings. The molecule has 1 saturated carbocycles. The van der Waals surface area contributed by atoms with Gasteiger partial charge in [-0.05, 0) is 30.4 Å². The van der Waals surface area contributed by atoms with Crippen molar-refractivity contribution >= 4 is 11.6 Å². The van der Waals surface area contributed by atoms with Gasteiger partial charge in [-0.25, -0.2) is 0 Å². The summed E-state index contributed by atoms with van der Waals surface area (Å²) in [5.74, 6) is 0.657. The molecule has 1 aliphatic heterocycles. The standard InChI is InChI=1S/C12H12N2O3/c15-12-11-4-3-10(14(16)17)5-9(11)7-13(12)6-8-1-2-8/h3-5,8H,1-2,6-7H2. The molecule has 17 heavy (non-hydrogen) atoms. The van der Waals surface area contributed by atoms with Crippen molar-refractivity contribution in [3.63, 3.8) is 0 Å². The second kappa shape index (κ2) is 3.55. The maximum Gasteiger partial charge on any atom is 0.269 e. The molecule has 1 heterocycles. The van der Waals surface area contributed by atoms with E-state index in [0.717, 1.165) is 12.1 Å². The van der Waals surface area contributed by atoms with Crippen molar-refractivity contribution in [3.8, 4) is 0 Å². The van der Waals surface area contributed by atoms with E-state index in [0.29, 0.717) is 18.0 Å². The molecule has 0 spiro atoms. The van der Waals surface area contributed by atoms with E-state index in [-0.39, 0.29) is 11.6 Å². The number of hydrogen-bond donors (Lipinski definition) is 0. The number of benzene rings is 1. The van der Waals surface area contributed by atoms with Gasteiger partial charge in [-0.3, -0.25) is 14.9 Å². The summed E-state index contributed by atoms with van der Waals surface area (Å²) >= 11 is 0. The Balaban J connectivity index is 1.87. The van der Waals surface area contributed by atoms with Gasteiger partial charge in [0.05, 0.1) is 4.92 Å². The number of nitrogens with zero attached hydrogens (tertiary/aromatic N) is 2. The quantitative estimate of drug-likeness (QED) is 0.591. The topological polar surface area (TPSA) is 63.4 Å². The average molecular weight is 232 g/mol. The zero-order valence-corrected chi connectivity index (χ0v) is 9.26. The number of nitro groups is 1. The van der Waals surface area contributed by atoms with Crippen LogP contribution in [0.25, 0.3) is 0 Å². The van der Waals surface area contributed by atoms with E-state index >= 15 is 0 Å². The molecule has 0 unspecified atom stereocenters. The molecule has 0 aromatic heterocycles. The maximum absolute atomic E-state index is 12.0. The molecular formula is C12H12N2O3. The van der Waals surface area contributed by atoms with Crippen LogP contribution in [0.2, 0.25) is 0 Å². The third kappa shape index (κ3) is 1.77. The van der Waals surface area contributed by atoms with Crippen LogP contribution in [-0.4, -0.2) is 22.3 Å². The van der Waals surface area contributed by atoms with E-state index in [2.05, 4.69) is 0 Å². The van der Waals surface area contributed by atoms with Crippen LogP contribution in [0, 0.1) is 16.0 Å². The Hall–Kier alpha value is -1.91. The molecule has 0 saturated heterocycles. The average Bonchev–Trinajstić information content (AvgIpc) is 3.05. The lowest BCUT2D eigenvalue weighted by Gasteiger charge is -2.14. The lowest BCUT2D eigenvalue weighted by molar-refractivity contribution is -0.384. The second-order valence-electron chi connectivity index (χ2n) is 4.73. The number of carbonyl (C=O) groups excluding carboxylic acids is 1. The Morgan fingerprint density at radius 2 is 2.18 bits per heavy atom. The molecule has 1 aromatic carbocycles. The van der Waals surface area contributed by atoms with Crippen molar-refractivity contribution in [2.45, 2.75) is 19.4 Å². The van der Waals surface area contributed by atoms with E-state index in [1.807, 2.05) is 0 Å². The van der Waals surface area contributed by atoms with Crippen molar-refractivity contribution < 1.29 is 9.72 Å². The van der Waals surface area contributed by atoms with Gasteiger partial charge in [0, 0.05) is 30.8 Å². The van der Waals surface area contributed by atoms with Gasteiger partial charge in [-0.15, -0.1) is 0 Å². The monoisotopic (exact) mass is 232 g/mol. The van der Waals surface area contributed by atoms with E-state index in [9.17, 15) is 14.9 Å². The summed E-state index contributed by atoms with van der Waals surface area (Å²) in [6, 6.07) is 4.49. The number of fused-ring (bicyclic) bond motifs is 1. The van der Waals surface area contributed by atoms with E-state index in [1.165, 1.54) is 25.0 Å². The Morgan fingerprint density at radius 3 is 2.82 bits per heavy atom. The summed E-state index contributed by atoms with van der Waals surface area (Å²) in [5.41, 5.74) is 1.46. The molecule has 1 aromatic rings. The van der Waals surface area contributed by atoms with Gasteiger partial charge >= 0.3 is 0 Å². The Labute approximate surface area is 98.2 Å². The molecule has 1 amide bonds. The van der Waals surface area contributed by atoms with Gasteiger partial charge in [0.25, 0.3) is 11.6 Å². The zero-order valence-electron chi connectivity index (χ0n) is 9.26. The van der Waals surface area contributed by atoms with Gasteiger partial charge < -0.3 is 4.90 Å². The maximum atomic E-state index is 12.0. The summed E-state index contributed by atoms with van der Waals surface area (Å²) < 4.78 is 0. The lowest BCUT2D eigenvalue weighted by atomic mass is 10.1. The fourth-order valence-electron chi connectivity index (χ4n) is 2.24. The first-order valence-electron chi connectivity index (χ1n) is 5.72. The van der Waals surface area contributed by atoms with Crippen LogP contribution in [0.5, 0.6) is 0 Å². The number of non-ortho nitro benzene ring substituents is 1. The first-order chi connectivity index (χ1) is 8.15. The van der Waals surface area contributed by atoms with Crippen LogP contribution >= 0.6 is 0 Å². The molecule has 5 nitrogen and oxygen atoms in total. The largest absolute Gasteiger partial charge is 0.334 e. The number of rotatable bonds is 3. The number of hydrogen-bond acceptors (Lipinski definition) is 3. The lowest BCUT2D eigenvalue weighted by Crippen LogP contribution is -2.26. The first kappa shape index (κ1) is 10.3. The fourth-order valence-corrected chi connectivity index (χ4v) is 2.24. The fraction of sp³-hybridized carbons (Fsp3) is 0.417. The van der Waals surface area contributed by atoms with Gasteiger partial charge in [-0.2, -0.15) is 0 Å². The van der Waals surface area contributed by atoms with E-state index in [1.54, 1.807) is 11.0 Å². The molecule has 0 N–H and O–H groups in total. The third-order valence-electron chi connectivity index (χ3n) is 3.35. The van der Waals surface area contributed by atoms with Crippen LogP contribution in [0.4, 0.5) is 5.69 Å². The van der Waals surface area contributed by atoms with Crippen LogP contribution < -0.4 is 0 Å². The molecule has 0 radical (unpaired) electrons. The van der Waals surface area contributed by atoms with Crippen LogP contribution in [-0.2, 0) is 6.54 Å². The Kier molecular flexibility index (Phi) is 2.14. The van der Waals surface area contributed by atoms with E-state index < -0.39 is 4.92 Å². The van der Waals surface area contributed by atoms with Crippen molar-refractivity contribution in [1.29, 1.82) is 0 Å². The molecular weight excluding hydrogens is 220 g/mol.